The van der Waals surface area contributed by atoms with Crippen LogP contribution >= 0.6 is 0 Å². The number of benzene rings is 2. The lowest BCUT2D eigenvalue weighted by Crippen LogP contribution is -2.34. The lowest BCUT2D eigenvalue weighted by molar-refractivity contribution is 0.169. The smallest absolute Gasteiger partial charge is 0.252 e. The summed E-state index contributed by atoms with van der Waals surface area (Å²) in [5, 5.41) is 14.1. The van der Waals surface area contributed by atoms with E-state index in [0.717, 1.165) is 71.2 Å². The van der Waals surface area contributed by atoms with E-state index in [9.17, 15) is 4.79 Å². The number of hydrogen-bond donors (Lipinski definition) is 1. The maximum absolute atomic E-state index is 13.3. The van der Waals surface area contributed by atoms with E-state index < -0.39 is 0 Å². The number of nitrogens with one attached hydrogen (secondary N) is 1. The summed E-state index contributed by atoms with van der Waals surface area (Å²) in [6.45, 7) is 7.52. The molecule has 9 heteroatoms. The molecule has 0 bridgehead atoms. The highest BCUT2D eigenvalue weighted by atomic mass is 16.5. The molecule has 1 unspecified atom stereocenters. The van der Waals surface area contributed by atoms with Gasteiger partial charge in [0.15, 0.2) is 17.3 Å². The van der Waals surface area contributed by atoms with Crippen molar-refractivity contribution in [1.82, 2.24) is 30.1 Å². The topological polar surface area (TPSA) is 98.2 Å². The molecular weight excluding hydrogens is 504 g/mol. The molecule has 2 heterocycles. The van der Waals surface area contributed by atoms with Crippen molar-refractivity contribution in [3.63, 3.8) is 0 Å². The molecule has 9 nitrogen and oxygen atoms in total. The lowest BCUT2D eigenvalue weighted by Gasteiger charge is -2.31. The van der Waals surface area contributed by atoms with Gasteiger partial charge >= 0.3 is 0 Å². The molecule has 0 amide bonds. The molecule has 1 fully saturated rings. The van der Waals surface area contributed by atoms with Crippen molar-refractivity contribution in [2.45, 2.75) is 77.9 Å². The van der Waals surface area contributed by atoms with Crippen LogP contribution in [-0.2, 0) is 13.0 Å². The zero-order valence-corrected chi connectivity index (χ0v) is 24.2. The van der Waals surface area contributed by atoms with Crippen molar-refractivity contribution in [3.8, 4) is 11.5 Å². The summed E-state index contributed by atoms with van der Waals surface area (Å²) in [6, 6.07) is 12.6. The average molecular weight is 545 g/mol. The van der Waals surface area contributed by atoms with E-state index in [1.54, 1.807) is 14.2 Å². The number of pyridine rings is 1. The van der Waals surface area contributed by atoms with Crippen molar-refractivity contribution in [1.29, 1.82) is 0 Å². The molecule has 2 aromatic carbocycles. The van der Waals surface area contributed by atoms with Crippen LogP contribution in [0.1, 0.15) is 79.2 Å². The van der Waals surface area contributed by atoms with Crippen molar-refractivity contribution in [2.75, 3.05) is 20.8 Å². The van der Waals surface area contributed by atoms with Crippen LogP contribution in [0.25, 0.3) is 10.9 Å². The maximum atomic E-state index is 13.3. The van der Waals surface area contributed by atoms with Crippen LogP contribution in [0.3, 0.4) is 0 Å². The molecule has 1 N–H and O–H groups in total. The number of hydrogen-bond acceptors (Lipinski definition) is 7. The quantitative estimate of drug-likeness (QED) is 0.268. The fraction of sp³-hybridized carbons (Fsp3) is 0.484. The Kier molecular flexibility index (Phi) is 8.49. The number of aryl methyl sites for hydroxylation is 2. The minimum Gasteiger partial charge on any atom is -0.493 e. The van der Waals surface area contributed by atoms with Gasteiger partial charge in [0, 0.05) is 29.6 Å². The van der Waals surface area contributed by atoms with Gasteiger partial charge in [-0.3, -0.25) is 9.69 Å². The Morgan fingerprint density at radius 1 is 1.07 bits per heavy atom. The minimum absolute atomic E-state index is 0.0371. The van der Waals surface area contributed by atoms with E-state index in [-0.39, 0.29) is 11.6 Å². The molecule has 40 heavy (non-hydrogen) atoms. The molecule has 1 aliphatic rings. The fourth-order valence-electron chi connectivity index (χ4n) is 6.14. The van der Waals surface area contributed by atoms with E-state index >= 15 is 0 Å². The first-order chi connectivity index (χ1) is 19.4. The second-order valence-corrected chi connectivity index (χ2v) is 10.9. The Morgan fingerprint density at radius 2 is 1.85 bits per heavy atom. The Labute approximate surface area is 235 Å². The molecule has 5 rings (SSSR count). The van der Waals surface area contributed by atoms with Crippen LogP contribution in [0, 0.1) is 13.8 Å². The second-order valence-electron chi connectivity index (χ2n) is 10.9. The van der Waals surface area contributed by atoms with Crippen LogP contribution in [0.5, 0.6) is 11.5 Å². The van der Waals surface area contributed by atoms with E-state index in [2.05, 4.69) is 64.4 Å². The summed E-state index contributed by atoms with van der Waals surface area (Å²) in [5.41, 5.74) is 4.98. The zero-order chi connectivity index (χ0) is 28.2. The van der Waals surface area contributed by atoms with Crippen LogP contribution in [0.2, 0.25) is 0 Å². The highest BCUT2D eigenvalue weighted by molar-refractivity contribution is 5.83. The van der Waals surface area contributed by atoms with E-state index in [1.165, 1.54) is 12.8 Å². The molecule has 0 radical (unpaired) electrons. The van der Waals surface area contributed by atoms with Gasteiger partial charge in [-0.2, -0.15) is 0 Å². The number of rotatable bonds is 11. The van der Waals surface area contributed by atoms with Crippen molar-refractivity contribution >= 4 is 10.9 Å². The molecule has 2 aromatic heterocycles. The first-order valence-electron chi connectivity index (χ1n) is 14.3. The number of ether oxygens (including phenoxy) is 2. The standard InChI is InChI=1S/C31H40N6O3/c1-6-27(30-33-34-35-37(30)24-9-7-8-10-24)36(14-13-22-11-12-28(39-4)29(17-22)40-5)19-23-18-25-21(3)15-20(2)16-26(25)32-31(23)38/h11-12,15-18,24,27H,6-10,13-14,19H2,1-5H3,(H,32,38). The zero-order valence-electron chi connectivity index (χ0n) is 24.2. The molecule has 0 spiro atoms. The monoisotopic (exact) mass is 544 g/mol. The number of aromatic amines is 1. The van der Waals surface area contributed by atoms with Gasteiger partial charge in [-0.25, -0.2) is 4.68 Å². The Hall–Kier alpha value is -3.72. The van der Waals surface area contributed by atoms with Gasteiger partial charge in [-0.05, 0) is 90.9 Å². The molecule has 1 saturated carbocycles. The Balaban J connectivity index is 1.50. The molecule has 1 aliphatic carbocycles. The predicted molar refractivity (Wildman–Crippen MR) is 156 cm³/mol. The average Bonchev–Trinajstić information content (AvgIpc) is 3.65. The van der Waals surface area contributed by atoms with E-state index in [1.807, 2.05) is 22.9 Å². The maximum Gasteiger partial charge on any atom is 0.252 e. The summed E-state index contributed by atoms with van der Waals surface area (Å²) >= 11 is 0. The third kappa shape index (κ3) is 5.75. The molecule has 0 aliphatic heterocycles. The van der Waals surface area contributed by atoms with Gasteiger partial charge in [0.25, 0.3) is 5.56 Å². The van der Waals surface area contributed by atoms with Gasteiger partial charge in [-0.15, -0.1) is 5.10 Å². The molecule has 1 atom stereocenters. The number of fused-ring (bicyclic) bond motifs is 1. The van der Waals surface area contributed by atoms with Crippen LogP contribution in [0.4, 0.5) is 0 Å². The summed E-state index contributed by atoms with van der Waals surface area (Å²) in [5.74, 6) is 2.30. The number of aromatic nitrogens is 5. The van der Waals surface area contributed by atoms with Crippen molar-refractivity contribution < 1.29 is 9.47 Å². The van der Waals surface area contributed by atoms with Gasteiger partial charge in [0.2, 0.25) is 0 Å². The fourth-order valence-corrected chi connectivity index (χ4v) is 6.14. The number of methoxy groups -OCH3 is 2. The van der Waals surface area contributed by atoms with Gasteiger partial charge in [0.05, 0.1) is 26.3 Å². The SMILES string of the molecule is CCC(c1nnnn1C1CCCC1)N(CCc1ccc(OC)c(OC)c1)Cc1cc2c(C)cc(C)cc2[nH]c1=O. The third-order valence-corrected chi connectivity index (χ3v) is 8.21. The molecule has 212 valence electrons. The summed E-state index contributed by atoms with van der Waals surface area (Å²) in [7, 11) is 3.29. The van der Waals surface area contributed by atoms with Crippen LogP contribution in [0.15, 0.2) is 41.2 Å². The minimum atomic E-state index is -0.0566. The number of H-pyrrole nitrogens is 1. The largest absolute Gasteiger partial charge is 0.493 e. The summed E-state index contributed by atoms with van der Waals surface area (Å²) in [6.07, 6.45) is 6.20. The van der Waals surface area contributed by atoms with Gasteiger partial charge in [0.1, 0.15) is 0 Å². The first-order valence-corrected chi connectivity index (χ1v) is 14.3. The van der Waals surface area contributed by atoms with Gasteiger partial charge < -0.3 is 14.5 Å². The Bertz CT molecular complexity index is 1520. The van der Waals surface area contributed by atoms with Crippen molar-refractivity contribution in [2.24, 2.45) is 0 Å². The van der Waals surface area contributed by atoms with Crippen LogP contribution < -0.4 is 15.0 Å². The molecular formula is C31H40N6O3. The predicted octanol–water partition coefficient (Wildman–Crippen LogP) is 5.46. The van der Waals surface area contributed by atoms with Crippen LogP contribution in [-0.4, -0.2) is 50.9 Å². The number of tetrazole rings is 1. The van der Waals surface area contributed by atoms with E-state index in [0.29, 0.717) is 24.1 Å². The summed E-state index contributed by atoms with van der Waals surface area (Å²) in [4.78, 5) is 18.8. The third-order valence-electron chi connectivity index (χ3n) is 8.21. The van der Waals surface area contributed by atoms with Gasteiger partial charge in [-0.1, -0.05) is 31.9 Å². The normalized spacial score (nSPS) is 14.8. The Morgan fingerprint density at radius 3 is 2.58 bits per heavy atom. The molecule has 4 aromatic rings. The molecule has 0 saturated heterocycles. The van der Waals surface area contributed by atoms with E-state index in [4.69, 9.17) is 9.47 Å². The first kappa shape index (κ1) is 27.8. The summed E-state index contributed by atoms with van der Waals surface area (Å²) < 4.78 is 13.0. The number of nitrogens with zero attached hydrogens (tertiary/aromatic N) is 5. The second kappa shape index (κ2) is 12.2. The lowest BCUT2D eigenvalue weighted by atomic mass is 10.0. The highest BCUT2D eigenvalue weighted by Crippen LogP contribution is 2.34. The van der Waals surface area contributed by atoms with Crippen molar-refractivity contribution in [3.05, 3.63) is 74.8 Å². The highest BCUT2D eigenvalue weighted by Gasteiger charge is 2.29.